The summed E-state index contributed by atoms with van der Waals surface area (Å²) >= 11 is 3.38. The molecule has 0 aliphatic carbocycles. The second-order valence-corrected chi connectivity index (χ2v) is 5.43. The van der Waals surface area contributed by atoms with E-state index in [-0.39, 0.29) is 5.91 Å². The van der Waals surface area contributed by atoms with Gasteiger partial charge in [0, 0.05) is 23.8 Å². The number of benzene rings is 1. The largest absolute Gasteiger partial charge is 0.451 e. The van der Waals surface area contributed by atoms with Crippen molar-refractivity contribution < 1.29 is 9.21 Å². The lowest BCUT2D eigenvalue weighted by Crippen LogP contribution is -2.33. The van der Waals surface area contributed by atoms with E-state index in [1.54, 1.807) is 0 Å². The third-order valence-electron chi connectivity index (χ3n) is 3.02. The number of nitrogens with zero attached hydrogens (tertiary/aromatic N) is 1. The lowest BCUT2D eigenvalue weighted by molar-refractivity contribution is 0.0737. The van der Waals surface area contributed by atoms with Gasteiger partial charge in [-0.25, -0.2) is 0 Å². The molecule has 0 aliphatic heterocycles. The third-order valence-corrected chi connectivity index (χ3v) is 3.37. The average molecular weight is 324 g/mol. The lowest BCUT2D eigenvalue weighted by Gasteiger charge is -2.19. The second kappa shape index (κ2) is 6.24. The van der Waals surface area contributed by atoms with Crippen LogP contribution in [0.4, 0.5) is 0 Å². The Morgan fingerprint density at radius 1 is 1.32 bits per heavy atom. The second-order valence-electron chi connectivity index (χ2n) is 4.63. The fourth-order valence-electron chi connectivity index (χ4n) is 2.11. The molecule has 0 saturated heterocycles. The van der Waals surface area contributed by atoms with Crippen molar-refractivity contribution in [1.29, 1.82) is 0 Å². The van der Waals surface area contributed by atoms with E-state index in [1.165, 1.54) is 0 Å². The molecule has 1 aromatic carbocycles. The van der Waals surface area contributed by atoms with Gasteiger partial charge in [0.25, 0.3) is 5.91 Å². The number of hydrogen-bond donors (Lipinski definition) is 0. The Bertz CT molecular complexity index is 571. The molecule has 1 amide bonds. The molecule has 2 rings (SSSR count). The number of alkyl halides is 1. The molecular formula is C15H18BrNO2. The number of carbonyl (C=O) groups excluding carboxylic acids is 1. The molecule has 0 unspecified atom stereocenters. The summed E-state index contributed by atoms with van der Waals surface area (Å²) in [6.07, 6.45) is 0.943. The number of furan rings is 1. The Morgan fingerprint density at radius 3 is 2.79 bits per heavy atom. The van der Waals surface area contributed by atoms with E-state index in [1.807, 2.05) is 36.1 Å². The topological polar surface area (TPSA) is 33.5 Å². The van der Waals surface area contributed by atoms with Crippen molar-refractivity contribution in [2.24, 2.45) is 0 Å². The van der Waals surface area contributed by atoms with Crippen molar-refractivity contribution in [1.82, 2.24) is 4.90 Å². The summed E-state index contributed by atoms with van der Waals surface area (Å²) in [7, 11) is 0. The van der Waals surface area contributed by atoms with E-state index in [9.17, 15) is 4.79 Å². The quantitative estimate of drug-likeness (QED) is 0.779. The van der Waals surface area contributed by atoms with E-state index in [0.717, 1.165) is 34.8 Å². The smallest absolute Gasteiger partial charge is 0.289 e. The number of halogens is 1. The van der Waals surface area contributed by atoms with Crippen LogP contribution in [0.2, 0.25) is 0 Å². The summed E-state index contributed by atoms with van der Waals surface area (Å²) in [4.78, 5) is 14.2. The van der Waals surface area contributed by atoms with Crippen molar-refractivity contribution in [3.63, 3.8) is 0 Å². The van der Waals surface area contributed by atoms with Gasteiger partial charge in [-0.05, 0) is 31.5 Å². The first-order valence-electron chi connectivity index (χ1n) is 6.51. The van der Waals surface area contributed by atoms with Crippen LogP contribution < -0.4 is 0 Å². The Kier molecular flexibility index (Phi) is 4.64. The predicted molar refractivity (Wildman–Crippen MR) is 80.9 cm³/mol. The normalized spacial score (nSPS) is 10.9. The first kappa shape index (κ1) is 14.1. The molecule has 0 spiro atoms. The molecule has 3 nitrogen and oxygen atoms in total. The molecule has 0 fully saturated rings. The molecule has 4 heteroatoms. The Labute approximate surface area is 121 Å². The van der Waals surface area contributed by atoms with Gasteiger partial charge < -0.3 is 9.32 Å². The zero-order valence-corrected chi connectivity index (χ0v) is 12.9. The first-order chi connectivity index (χ1) is 9.15. The Morgan fingerprint density at radius 2 is 2.11 bits per heavy atom. The highest BCUT2D eigenvalue weighted by molar-refractivity contribution is 9.09. The molecule has 0 radical (unpaired) electrons. The maximum Gasteiger partial charge on any atom is 0.289 e. The summed E-state index contributed by atoms with van der Waals surface area (Å²) in [6.45, 7) is 5.54. The summed E-state index contributed by atoms with van der Waals surface area (Å²) in [5.41, 5.74) is 1.93. The molecule has 19 heavy (non-hydrogen) atoms. The zero-order chi connectivity index (χ0) is 13.8. The number of hydrogen-bond acceptors (Lipinski definition) is 2. The SMILES string of the molecule is CCCN(CCBr)C(=O)c1cc2cc(C)ccc2o1. The minimum absolute atomic E-state index is 0.0323. The van der Waals surface area contributed by atoms with Gasteiger partial charge in [-0.2, -0.15) is 0 Å². The standard InChI is InChI=1S/C15H18BrNO2/c1-3-7-17(8-6-16)15(18)14-10-12-9-11(2)4-5-13(12)19-14/h4-5,9-10H,3,6-8H2,1-2H3. The van der Waals surface area contributed by atoms with E-state index < -0.39 is 0 Å². The predicted octanol–water partition coefficient (Wildman–Crippen LogP) is 3.99. The van der Waals surface area contributed by atoms with Crippen LogP contribution in [0.5, 0.6) is 0 Å². The fourth-order valence-corrected chi connectivity index (χ4v) is 2.54. The first-order valence-corrected chi connectivity index (χ1v) is 7.63. The Hall–Kier alpha value is -1.29. The number of aryl methyl sites for hydroxylation is 1. The summed E-state index contributed by atoms with van der Waals surface area (Å²) in [5.74, 6) is 0.394. The zero-order valence-electron chi connectivity index (χ0n) is 11.3. The van der Waals surface area contributed by atoms with Gasteiger partial charge in [-0.3, -0.25) is 4.79 Å². The van der Waals surface area contributed by atoms with Crippen LogP contribution in [0, 0.1) is 6.92 Å². The number of fused-ring (bicyclic) bond motifs is 1. The highest BCUT2D eigenvalue weighted by Gasteiger charge is 2.18. The minimum atomic E-state index is -0.0323. The molecule has 1 aromatic heterocycles. The minimum Gasteiger partial charge on any atom is -0.451 e. The molecular weight excluding hydrogens is 306 g/mol. The van der Waals surface area contributed by atoms with Crippen LogP contribution in [-0.4, -0.2) is 29.2 Å². The van der Waals surface area contributed by atoms with Crippen LogP contribution >= 0.6 is 15.9 Å². The third kappa shape index (κ3) is 3.18. The maximum absolute atomic E-state index is 12.4. The van der Waals surface area contributed by atoms with Gasteiger partial charge in [-0.1, -0.05) is 34.5 Å². The highest BCUT2D eigenvalue weighted by Crippen LogP contribution is 2.21. The molecule has 0 bridgehead atoms. The number of rotatable bonds is 5. The van der Waals surface area contributed by atoms with Crippen LogP contribution in [0.25, 0.3) is 11.0 Å². The molecule has 0 N–H and O–H groups in total. The summed E-state index contributed by atoms with van der Waals surface area (Å²) in [5, 5.41) is 1.76. The van der Waals surface area contributed by atoms with Crippen molar-refractivity contribution in [3.05, 3.63) is 35.6 Å². The fraction of sp³-hybridized carbons (Fsp3) is 0.400. The van der Waals surface area contributed by atoms with Gasteiger partial charge in [0.2, 0.25) is 0 Å². The summed E-state index contributed by atoms with van der Waals surface area (Å²) in [6, 6.07) is 7.77. The van der Waals surface area contributed by atoms with Crippen molar-refractivity contribution in [2.45, 2.75) is 20.3 Å². The van der Waals surface area contributed by atoms with E-state index in [4.69, 9.17) is 4.42 Å². The van der Waals surface area contributed by atoms with Crippen LogP contribution in [0.15, 0.2) is 28.7 Å². The highest BCUT2D eigenvalue weighted by atomic mass is 79.9. The van der Waals surface area contributed by atoms with Crippen molar-refractivity contribution in [3.8, 4) is 0 Å². The molecule has 0 aliphatic rings. The van der Waals surface area contributed by atoms with Gasteiger partial charge in [0.1, 0.15) is 5.58 Å². The molecule has 2 aromatic rings. The van der Waals surface area contributed by atoms with Crippen molar-refractivity contribution in [2.75, 3.05) is 18.4 Å². The number of carbonyl (C=O) groups is 1. The van der Waals surface area contributed by atoms with Gasteiger partial charge >= 0.3 is 0 Å². The summed E-state index contributed by atoms with van der Waals surface area (Å²) < 4.78 is 5.65. The monoisotopic (exact) mass is 323 g/mol. The van der Waals surface area contributed by atoms with E-state index in [2.05, 4.69) is 22.9 Å². The van der Waals surface area contributed by atoms with Gasteiger partial charge in [-0.15, -0.1) is 0 Å². The van der Waals surface area contributed by atoms with Crippen LogP contribution in [-0.2, 0) is 0 Å². The van der Waals surface area contributed by atoms with Crippen molar-refractivity contribution >= 4 is 32.8 Å². The average Bonchev–Trinajstić information content (AvgIpc) is 2.80. The van der Waals surface area contributed by atoms with Crippen LogP contribution in [0.1, 0.15) is 29.5 Å². The molecule has 0 saturated carbocycles. The maximum atomic E-state index is 12.4. The Balaban J connectivity index is 2.29. The number of amides is 1. The lowest BCUT2D eigenvalue weighted by atomic mass is 10.2. The van der Waals surface area contributed by atoms with Gasteiger partial charge in [0.15, 0.2) is 5.76 Å². The molecule has 1 heterocycles. The van der Waals surface area contributed by atoms with E-state index >= 15 is 0 Å². The molecule has 0 atom stereocenters. The van der Waals surface area contributed by atoms with E-state index in [0.29, 0.717) is 12.3 Å². The van der Waals surface area contributed by atoms with Gasteiger partial charge in [0.05, 0.1) is 0 Å². The molecule has 102 valence electrons. The van der Waals surface area contributed by atoms with Crippen LogP contribution in [0.3, 0.4) is 0 Å².